The summed E-state index contributed by atoms with van der Waals surface area (Å²) in [4.78, 5) is 16.1. The van der Waals surface area contributed by atoms with Crippen molar-refractivity contribution < 1.29 is 13.6 Å². The van der Waals surface area contributed by atoms with Gasteiger partial charge in [0, 0.05) is 53.9 Å². The maximum atomic E-state index is 13.7. The van der Waals surface area contributed by atoms with Gasteiger partial charge in [0.1, 0.15) is 17.9 Å². The van der Waals surface area contributed by atoms with Gasteiger partial charge in [-0.15, -0.1) is 0 Å². The Hall–Kier alpha value is -2.90. The van der Waals surface area contributed by atoms with E-state index in [1.165, 1.54) is 29.3 Å². The Morgan fingerprint density at radius 1 is 1.03 bits per heavy atom. The predicted octanol–water partition coefficient (Wildman–Crippen LogP) is 5.30. The van der Waals surface area contributed by atoms with Gasteiger partial charge in [-0.05, 0) is 78.9 Å². The average Bonchev–Trinajstić information content (AvgIpc) is 3.08. The second kappa shape index (κ2) is 9.93. The summed E-state index contributed by atoms with van der Waals surface area (Å²) in [6, 6.07) is 17.7. The van der Waals surface area contributed by atoms with Crippen LogP contribution in [-0.4, -0.2) is 32.5 Å². The number of nitrogens with two attached hydrogens (primary N) is 1. The molecule has 3 aromatic carbocycles. The van der Waals surface area contributed by atoms with E-state index >= 15 is 0 Å². The number of hydrogen-bond donors (Lipinski definition) is 1. The molecule has 0 radical (unpaired) electrons. The normalized spacial score (nSPS) is 17.2. The number of rotatable bonds is 4. The van der Waals surface area contributed by atoms with Crippen molar-refractivity contribution >= 4 is 29.6 Å². The number of anilines is 2. The molecule has 2 aliphatic heterocycles. The number of carbonyl (C=O) groups excluding carboxylic acids is 1. The van der Waals surface area contributed by atoms with Gasteiger partial charge in [0.25, 0.3) is 0 Å². The van der Waals surface area contributed by atoms with Crippen molar-refractivity contribution in [3.8, 4) is 11.1 Å². The molecule has 33 heavy (non-hydrogen) atoms. The van der Waals surface area contributed by atoms with Crippen molar-refractivity contribution in [3.63, 3.8) is 0 Å². The van der Waals surface area contributed by atoms with E-state index < -0.39 is 11.6 Å². The van der Waals surface area contributed by atoms with Gasteiger partial charge in [-0.2, -0.15) is 0 Å². The van der Waals surface area contributed by atoms with Crippen LogP contribution in [0.1, 0.15) is 12.5 Å². The molecule has 4 nitrogen and oxygen atoms in total. The smallest absolute Gasteiger partial charge is 0.131 e. The number of benzene rings is 3. The van der Waals surface area contributed by atoms with Crippen LogP contribution in [0.15, 0.2) is 65.6 Å². The summed E-state index contributed by atoms with van der Waals surface area (Å²) >= 11 is 1.31. The van der Waals surface area contributed by atoms with Gasteiger partial charge in [0.15, 0.2) is 0 Å². The zero-order valence-electron chi connectivity index (χ0n) is 18.7. The molecule has 0 spiro atoms. The molecule has 3 aromatic rings. The monoisotopic (exact) mass is 467 g/mol. The number of hydrogen-bond acceptors (Lipinski definition) is 5. The van der Waals surface area contributed by atoms with Crippen LogP contribution in [0.25, 0.3) is 11.1 Å². The molecule has 172 valence electrons. The van der Waals surface area contributed by atoms with Crippen LogP contribution in [0.2, 0.25) is 0 Å². The molecule has 0 amide bonds. The molecule has 0 aliphatic carbocycles. The van der Waals surface area contributed by atoms with E-state index in [1.807, 2.05) is 12.1 Å². The molecule has 1 atom stereocenters. The largest absolute Gasteiger partial charge is 0.371 e. The summed E-state index contributed by atoms with van der Waals surface area (Å²) in [6.07, 6.45) is 2.12. The Labute approximate surface area is 197 Å². The highest BCUT2D eigenvalue weighted by molar-refractivity contribution is 7.97. The molecular formula is C26H27F2N3OS. The Balaban J connectivity index is 0.000000172. The van der Waals surface area contributed by atoms with E-state index in [2.05, 4.69) is 42.0 Å². The molecule has 2 aliphatic rings. The second-order valence-corrected chi connectivity index (χ2v) is 9.25. The molecule has 0 bridgehead atoms. The van der Waals surface area contributed by atoms with Gasteiger partial charge >= 0.3 is 0 Å². The third-order valence-electron chi connectivity index (χ3n) is 6.32. The first-order chi connectivity index (χ1) is 15.9. The maximum Gasteiger partial charge on any atom is 0.131 e. The van der Waals surface area contributed by atoms with Crippen LogP contribution in [0.4, 0.5) is 20.2 Å². The van der Waals surface area contributed by atoms with E-state index in [9.17, 15) is 13.6 Å². The Morgan fingerprint density at radius 2 is 1.76 bits per heavy atom. The molecule has 0 saturated carbocycles. The van der Waals surface area contributed by atoms with Crippen molar-refractivity contribution in [3.05, 3.63) is 77.9 Å². The van der Waals surface area contributed by atoms with Gasteiger partial charge in [0.2, 0.25) is 0 Å². The average molecular weight is 468 g/mol. The number of aldehydes is 1. The van der Waals surface area contributed by atoms with E-state index in [0.717, 1.165) is 48.5 Å². The van der Waals surface area contributed by atoms with Gasteiger partial charge in [-0.3, -0.25) is 5.14 Å². The fourth-order valence-electron chi connectivity index (χ4n) is 4.19. The molecule has 7 heteroatoms. The first-order valence-electron chi connectivity index (χ1n) is 10.9. The Bertz CT molecular complexity index is 1130. The first-order valence-corrected chi connectivity index (χ1v) is 11.8. The number of carbonyl (C=O) groups is 1. The summed E-state index contributed by atoms with van der Waals surface area (Å²) in [7, 11) is 2.14. The minimum Gasteiger partial charge on any atom is -0.371 e. The van der Waals surface area contributed by atoms with Crippen LogP contribution < -0.4 is 14.9 Å². The lowest BCUT2D eigenvalue weighted by Crippen LogP contribution is -2.47. The third kappa shape index (κ3) is 5.04. The minimum absolute atomic E-state index is 0.107. The zero-order chi connectivity index (χ0) is 23.5. The topological polar surface area (TPSA) is 49.6 Å². The summed E-state index contributed by atoms with van der Waals surface area (Å²) in [6.45, 7) is 3.68. The lowest BCUT2D eigenvalue weighted by Gasteiger charge is -2.38. The first kappa shape index (κ1) is 23.3. The summed E-state index contributed by atoms with van der Waals surface area (Å²) in [5.74, 6) is -0.790. The molecule has 1 fully saturated rings. The van der Waals surface area contributed by atoms with Crippen LogP contribution in [0.5, 0.6) is 0 Å². The molecule has 2 N–H and O–H groups in total. The van der Waals surface area contributed by atoms with Crippen LogP contribution in [0, 0.1) is 17.6 Å². The van der Waals surface area contributed by atoms with E-state index in [4.69, 9.17) is 5.14 Å². The van der Waals surface area contributed by atoms with Crippen LogP contribution in [0.3, 0.4) is 0 Å². The highest BCUT2D eigenvalue weighted by atomic mass is 32.2. The van der Waals surface area contributed by atoms with Gasteiger partial charge in [0.05, 0.1) is 0 Å². The quantitative estimate of drug-likeness (QED) is 0.417. The van der Waals surface area contributed by atoms with Gasteiger partial charge < -0.3 is 14.6 Å². The predicted molar refractivity (Wildman–Crippen MR) is 132 cm³/mol. The molecule has 0 aromatic heterocycles. The van der Waals surface area contributed by atoms with Crippen molar-refractivity contribution in [1.82, 2.24) is 0 Å². The molecule has 1 saturated heterocycles. The molecular weight excluding hydrogens is 440 g/mol. The number of fused-ring (bicyclic) bond motifs is 1. The van der Waals surface area contributed by atoms with E-state index in [1.54, 1.807) is 12.1 Å². The maximum absolute atomic E-state index is 13.7. The van der Waals surface area contributed by atoms with Crippen LogP contribution in [-0.2, 0) is 11.2 Å². The molecule has 0 unspecified atom stereocenters. The summed E-state index contributed by atoms with van der Waals surface area (Å²) in [5.41, 5.74) is 4.66. The SMILES string of the molecule is C[C@H]1Cc2ccc(SN)cc2N1C.O=CC1CN(c2ccc(-c3cc(F)ccc3F)cc2)C1. The highest BCUT2D eigenvalue weighted by Crippen LogP contribution is 2.33. The Morgan fingerprint density at radius 3 is 2.42 bits per heavy atom. The zero-order valence-corrected chi connectivity index (χ0v) is 19.5. The third-order valence-corrected chi connectivity index (χ3v) is 6.85. The lowest BCUT2D eigenvalue weighted by atomic mass is 9.99. The number of likely N-dealkylation sites (N-methyl/N-ethyl adjacent to an activating group) is 1. The fourth-order valence-corrected chi connectivity index (χ4v) is 4.52. The standard InChI is InChI=1S/C16H13F2NO.C10H14N2S/c17-13-3-6-16(18)15(7-13)12-1-4-14(5-2-12)19-8-11(9-19)10-20;1-7-5-8-3-4-9(13-11)6-10(8)12(7)2/h1-7,10-11H,8-9H2;3-4,6-7H,5,11H2,1-2H3/t;7-/m.0/s1. The highest BCUT2D eigenvalue weighted by Gasteiger charge is 2.26. The molecule has 5 rings (SSSR count). The minimum atomic E-state index is -0.456. The van der Waals surface area contributed by atoms with E-state index in [-0.39, 0.29) is 11.5 Å². The fraction of sp³-hybridized carbons (Fsp3) is 0.269. The number of halogens is 2. The van der Waals surface area contributed by atoms with Crippen LogP contribution >= 0.6 is 11.9 Å². The summed E-state index contributed by atoms with van der Waals surface area (Å²) in [5, 5.41) is 5.52. The van der Waals surface area contributed by atoms with Crippen molar-refractivity contribution in [1.29, 1.82) is 0 Å². The van der Waals surface area contributed by atoms with Crippen molar-refractivity contribution in [2.45, 2.75) is 24.3 Å². The van der Waals surface area contributed by atoms with Crippen molar-refractivity contribution in [2.75, 3.05) is 29.9 Å². The molecule has 2 heterocycles. The summed E-state index contributed by atoms with van der Waals surface area (Å²) < 4.78 is 26.9. The van der Waals surface area contributed by atoms with Crippen molar-refractivity contribution in [2.24, 2.45) is 11.1 Å². The number of nitrogens with zero attached hydrogens (tertiary/aromatic N) is 2. The second-order valence-electron chi connectivity index (χ2n) is 8.54. The lowest BCUT2D eigenvalue weighted by molar-refractivity contribution is -0.111. The van der Waals surface area contributed by atoms with E-state index in [0.29, 0.717) is 11.6 Å². The van der Waals surface area contributed by atoms with Gasteiger partial charge in [-0.1, -0.05) is 18.2 Å². The Kier molecular flexibility index (Phi) is 7.00. The van der Waals surface area contributed by atoms with Gasteiger partial charge in [-0.25, -0.2) is 8.78 Å².